The Hall–Kier alpha value is -1.84. The third-order valence-corrected chi connectivity index (χ3v) is 6.95. The second-order valence-electron chi connectivity index (χ2n) is 8.41. The van der Waals surface area contributed by atoms with Crippen molar-refractivity contribution in [2.24, 2.45) is 23.0 Å². The summed E-state index contributed by atoms with van der Waals surface area (Å²) in [6, 6.07) is 9.67. The first-order chi connectivity index (χ1) is 14.4. The fourth-order valence-electron chi connectivity index (χ4n) is 5.46. The van der Waals surface area contributed by atoms with E-state index in [1.165, 1.54) is 0 Å². The maximum atomic E-state index is 13.6. The van der Waals surface area contributed by atoms with Crippen LogP contribution < -0.4 is 5.73 Å². The molecule has 3 aliphatic rings. The monoisotopic (exact) mass is 416 g/mol. The summed E-state index contributed by atoms with van der Waals surface area (Å²) < 4.78 is 0. The molecular formula is C26H44N2O2. The number of likely N-dealkylation sites (tertiary alicyclic amines) is 1. The van der Waals surface area contributed by atoms with Gasteiger partial charge in [0.25, 0.3) is 0 Å². The molecule has 1 saturated heterocycles. The van der Waals surface area contributed by atoms with Gasteiger partial charge in [0.15, 0.2) is 0 Å². The van der Waals surface area contributed by atoms with Crippen LogP contribution in [-0.2, 0) is 15.0 Å². The molecule has 1 aliphatic heterocycles. The van der Waals surface area contributed by atoms with Gasteiger partial charge >= 0.3 is 0 Å². The Morgan fingerprint density at radius 3 is 1.90 bits per heavy atom. The first-order valence-corrected chi connectivity index (χ1v) is 12.1. The summed E-state index contributed by atoms with van der Waals surface area (Å²) in [5, 5.41) is 0. The van der Waals surface area contributed by atoms with E-state index in [1.54, 1.807) is 0 Å². The number of primary amides is 1. The van der Waals surface area contributed by atoms with Crippen LogP contribution in [0.1, 0.15) is 86.6 Å². The molecule has 0 radical (unpaired) electrons. The van der Waals surface area contributed by atoms with Gasteiger partial charge in [0.2, 0.25) is 11.8 Å². The standard InChI is InChI=1S/C20H26N2O2.3C2H6/c1-19(2)14-12-22(16(15(14)19)17(21)23)18(24)20(10-6-7-11-20)13-8-4-3-5-9-13;3*1-2/h3-5,8-9,14-16H,6-7,10-12H2,1-2H3,(H2,21,23);3*1-2H3/t14-,15-,16-;;;/m0.../s1. The molecule has 1 heterocycles. The largest absolute Gasteiger partial charge is 0.368 e. The van der Waals surface area contributed by atoms with Gasteiger partial charge in [-0.25, -0.2) is 0 Å². The number of fused-ring (bicyclic) bond motifs is 1. The Bertz CT molecular complexity index is 678. The van der Waals surface area contributed by atoms with Crippen LogP contribution in [-0.4, -0.2) is 29.3 Å². The van der Waals surface area contributed by atoms with E-state index in [1.807, 2.05) is 64.6 Å². The van der Waals surface area contributed by atoms with Gasteiger partial charge in [0, 0.05) is 6.54 Å². The van der Waals surface area contributed by atoms with Gasteiger partial charge in [0.1, 0.15) is 6.04 Å². The summed E-state index contributed by atoms with van der Waals surface area (Å²) in [5.41, 5.74) is 6.47. The fourth-order valence-corrected chi connectivity index (χ4v) is 5.46. The summed E-state index contributed by atoms with van der Waals surface area (Å²) in [6.45, 7) is 17.0. The molecule has 4 nitrogen and oxygen atoms in total. The van der Waals surface area contributed by atoms with Crippen LogP contribution in [0.15, 0.2) is 30.3 Å². The van der Waals surface area contributed by atoms with Crippen LogP contribution in [0, 0.1) is 17.3 Å². The molecule has 170 valence electrons. The van der Waals surface area contributed by atoms with Crippen molar-refractivity contribution in [1.82, 2.24) is 4.90 Å². The molecule has 1 aromatic carbocycles. The lowest BCUT2D eigenvalue weighted by Crippen LogP contribution is -2.54. The molecule has 3 fully saturated rings. The molecule has 30 heavy (non-hydrogen) atoms. The van der Waals surface area contributed by atoms with Gasteiger partial charge in [-0.05, 0) is 35.7 Å². The zero-order valence-electron chi connectivity index (χ0n) is 20.5. The number of benzene rings is 1. The zero-order chi connectivity index (χ0) is 23.1. The Labute approximate surface area is 184 Å². The van der Waals surface area contributed by atoms with Crippen molar-refractivity contribution in [1.29, 1.82) is 0 Å². The number of carbonyl (C=O) groups excluding carboxylic acids is 2. The normalized spacial score (nSPS) is 26.5. The molecule has 2 N–H and O–H groups in total. The first kappa shape index (κ1) is 26.2. The minimum atomic E-state index is -0.462. The number of hydrogen-bond acceptors (Lipinski definition) is 2. The molecule has 0 unspecified atom stereocenters. The topological polar surface area (TPSA) is 63.4 Å². The molecule has 0 aromatic heterocycles. The lowest BCUT2D eigenvalue weighted by atomic mass is 9.77. The van der Waals surface area contributed by atoms with Crippen LogP contribution >= 0.6 is 0 Å². The summed E-state index contributed by atoms with van der Waals surface area (Å²) in [7, 11) is 0. The summed E-state index contributed by atoms with van der Waals surface area (Å²) in [5.74, 6) is 0.419. The first-order valence-electron chi connectivity index (χ1n) is 12.1. The van der Waals surface area contributed by atoms with Crippen LogP contribution in [0.5, 0.6) is 0 Å². The fraction of sp³-hybridized carbons (Fsp3) is 0.692. The molecule has 4 heteroatoms. The summed E-state index contributed by atoms with van der Waals surface area (Å²) >= 11 is 0. The van der Waals surface area contributed by atoms with Gasteiger partial charge in [0.05, 0.1) is 5.41 Å². The summed E-state index contributed by atoms with van der Waals surface area (Å²) in [6.07, 6.45) is 3.87. The Balaban J connectivity index is 0.000000691. The second kappa shape index (κ2) is 11.0. The minimum absolute atomic E-state index is 0.123. The van der Waals surface area contributed by atoms with Crippen LogP contribution in [0.3, 0.4) is 0 Å². The van der Waals surface area contributed by atoms with Crippen molar-refractivity contribution in [3.05, 3.63) is 35.9 Å². The molecule has 0 bridgehead atoms. The van der Waals surface area contributed by atoms with E-state index in [0.29, 0.717) is 12.5 Å². The molecule has 0 spiro atoms. The molecule has 2 aliphatic carbocycles. The van der Waals surface area contributed by atoms with Crippen molar-refractivity contribution < 1.29 is 9.59 Å². The predicted molar refractivity (Wildman–Crippen MR) is 126 cm³/mol. The number of nitrogens with zero attached hydrogens (tertiary/aromatic N) is 1. The quantitative estimate of drug-likeness (QED) is 0.702. The molecule has 4 rings (SSSR count). The maximum absolute atomic E-state index is 13.6. The van der Waals surface area contributed by atoms with Gasteiger partial charge < -0.3 is 10.6 Å². The van der Waals surface area contributed by atoms with Crippen molar-refractivity contribution in [3.63, 3.8) is 0 Å². The van der Waals surface area contributed by atoms with E-state index in [2.05, 4.69) is 26.0 Å². The summed E-state index contributed by atoms with van der Waals surface area (Å²) in [4.78, 5) is 27.5. The van der Waals surface area contributed by atoms with Crippen LogP contribution in [0.25, 0.3) is 0 Å². The second-order valence-corrected chi connectivity index (χ2v) is 8.41. The Morgan fingerprint density at radius 2 is 1.43 bits per heavy atom. The number of rotatable bonds is 3. The highest BCUT2D eigenvalue weighted by atomic mass is 16.2. The van der Waals surface area contributed by atoms with E-state index in [0.717, 1.165) is 31.2 Å². The molecule has 3 atom stereocenters. The van der Waals surface area contributed by atoms with Crippen LogP contribution in [0.2, 0.25) is 0 Å². The van der Waals surface area contributed by atoms with Gasteiger partial charge in [-0.1, -0.05) is 98.6 Å². The maximum Gasteiger partial charge on any atom is 0.240 e. The molecule has 2 amide bonds. The van der Waals surface area contributed by atoms with Gasteiger partial charge in [-0.15, -0.1) is 0 Å². The van der Waals surface area contributed by atoms with Crippen molar-refractivity contribution in [2.75, 3.05) is 6.54 Å². The average molecular weight is 417 g/mol. The van der Waals surface area contributed by atoms with Crippen molar-refractivity contribution >= 4 is 11.8 Å². The SMILES string of the molecule is CC.CC.CC.CC1(C)[C@@H]2[C@@H](C(N)=O)N(C(=O)C3(c4ccccc4)CCCC3)C[C@@H]21. The van der Waals surface area contributed by atoms with Crippen molar-refractivity contribution in [3.8, 4) is 0 Å². The Morgan fingerprint density at radius 1 is 0.933 bits per heavy atom. The number of carbonyl (C=O) groups is 2. The van der Waals surface area contributed by atoms with Gasteiger partial charge in [-0.3, -0.25) is 9.59 Å². The van der Waals surface area contributed by atoms with E-state index in [9.17, 15) is 9.59 Å². The zero-order valence-corrected chi connectivity index (χ0v) is 20.5. The number of nitrogens with two attached hydrogens (primary N) is 1. The molecular weight excluding hydrogens is 372 g/mol. The van der Waals surface area contributed by atoms with E-state index in [-0.39, 0.29) is 23.1 Å². The van der Waals surface area contributed by atoms with Gasteiger partial charge in [-0.2, -0.15) is 0 Å². The van der Waals surface area contributed by atoms with E-state index < -0.39 is 11.5 Å². The van der Waals surface area contributed by atoms with Crippen LogP contribution in [0.4, 0.5) is 0 Å². The highest BCUT2D eigenvalue weighted by Gasteiger charge is 2.70. The van der Waals surface area contributed by atoms with E-state index >= 15 is 0 Å². The minimum Gasteiger partial charge on any atom is -0.368 e. The highest BCUT2D eigenvalue weighted by molar-refractivity contribution is 5.94. The van der Waals surface area contributed by atoms with E-state index in [4.69, 9.17) is 5.73 Å². The molecule has 2 saturated carbocycles. The van der Waals surface area contributed by atoms with Crippen molar-refractivity contribution in [2.45, 2.75) is 92.5 Å². The number of piperidine rings is 1. The lowest BCUT2D eigenvalue weighted by molar-refractivity contribution is -0.144. The third kappa shape index (κ3) is 4.43. The third-order valence-electron chi connectivity index (χ3n) is 6.95. The number of hydrogen-bond donors (Lipinski definition) is 1. The highest BCUT2D eigenvalue weighted by Crippen LogP contribution is 2.65. The Kier molecular flexibility index (Phi) is 9.58. The predicted octanol–water partition coefficient (Wildman–Crippen LogP) is 5.55. The average Bonchev–Trinajstić information content (AvgIpc) is 3.24. The number of amides is 2. The molecule has 1 aromatic rings. The smallest absolute Gasteiger partial charge is 0.240 e. The lowest BCUT2D eigenvalue weighted by Gasteiger charge is -2.37.